The van der Waals surface area contributed by atoms with Gasteiger partial charge in [-0.05, 0) is 51.4 Å². The van der Waals surface area contributed by atoms with Crippen LogP contribution in [0.1, 0.15) is 43.2 Å². The lowest BCUT2D eigenvalue weighted by Gasteiger charge is -2.21. The molecule has 2 rings (SSSR count). The first-order chi connectivity index (χ1) is 9.63. The second-order valence-electron chi connectivity index (χ2n) is 5.89. The Morgan fingerprint density at radius 1 is 1.40 bits per heavy atom. The molecule has 2 atom stereocenters. The Labute approximate surface area is 122 Å². The standard InChI is InChI=1S/C17H26N2O/c1-13-7-4-5-8-16(13)15-11-14(2)19(12-15)17(20)9-6-10-18-3/h4-5,7-8,14-15,18H,6,9-12H2,1-3H3/t14-,15-/m1/s1. The van der Waals surface area contributed by atoms with Crippen molar-refractivity contribution >= 4 is 5.91 Å². The lowest BCUT2D eigenvalue weighted by Crippen LogP contribution is -2.34. The number of rotatable bonds is 5. The number of amides is 1. The highest BCUT2D eigenvalue weighted by Crippen LogP contribution is 2.33. The topological polar surface area (TPSA) is 32.3 Å². The molecule has 20 heavy (non-hydrogen) atoms. The van der Waals surface area contributed by atoms with Crippen LogP contribution in [0.2, 0.25) is 0 Å². The maximum atomic E-state index is 12.3. The van der Waals surface area contributed by atoms with E-state index in [1.807, 2.05) is 7.05 Å². The summed E-state index contributed by atoms with van der Waals surface area (Å²) in [4.78, 5) is 14.4. The van der Waals surface area contributed by atoms with Gasteiger partial charge in [-0.1, -0.05) is 24.3 Å². The third-order valence-electron chi connectivity index (χ3n) is 4.34. The summed E-state index contributed by atoms with van der Waals surface area (Å²) in [5.41, 5.74) is 2.75. The summed E-state index contributed by atoms with van der Waals surface area (Å²) < 4.78 is 0. The zero-order valence-corrected chi connectivity index (χ0v) is 12.9. The molecule has 1 aromatic carbocycles. The van der Waals surface area contributed by atoms with Gasteiger partial charge in [0.1, 0.15) is 0 Å². The van der Waals surface area contributed by atoms with Gasteiger partial charge in [0.25, 0.3) is 0 Å². The molecule has 1 fully saturated rings. The fourth-order valence-electron chi connectivity index (χ4n) is 3.21. The van der Waals surface area contributed by atoms with Crippen LogP contribution in [0.25, 0.3) is 0 Å². The van der Waals surface area contributed by atoms with Crippen LogP contribution in [0.15, 0.2) is 24.3 Å². The second kappa shape index (κ2) is 6.89. The normalized spacial score (nSPS) is 22.2. The minimum atomic E-state index is 0.309. The predicted octanol–water partition coefficient (Wildman–Crippen LogP) is 2.70. The smallest absolute Gasteiger partial charge is 0.222 e. The molecule has 1 aliphatic rings. The summed E-state index contributed by atoms with van der Waals surface area (Å²) in [5, 5.41) is 3.10. The maximum absolute atomic E-state index is 12.3. The van der Waals surface area contributed by atoms with Gasteiger partial charge in [0.15, 0.2) is 0 Å². The largest absolute Gasteiger partial charge is 0.339 e. The molecule has 0 bridgehead atoms. The second-order valence-corrected chi connectivity index (χ2v) is 5.89. The number of nitrogens with one attached hydrogen (secondary N) is 1. The number of hydrogen-bond acceptors (Lipinski definition) is 2. The number of carbonyl (C=O) groups is 1. The van der Waals surface area contributed by atoms with Crippen LogP contribution >= 0.6 is 0 Å². The van der Waals surface area contributed by atoms with Crippen LogP contribution in [0.4, 0.5) is 0 Å². The van der Waals surface area contributed by atoms with Gasteiger partial charge >= 0.3 is 0 Å². The maximum Gasteiger partial charge on any atom is 0.222 e. The Kier molecular flexibility index (Phi) is 5.18. The van der Waals surface area contributed by atoms with Crippen LogP contribution in [0, 0.1) is 6.92 Å². The Morgan fingerprint density at radius 2 is 2.15 bits per heavy atom. The molecule has 1 N–H and O–H groups in total. The molecular formula is C17H26N2O. The molecule has 0 aromatic heterocycles. The molecule has 1 amide bonds. The molecule has 1 saturated heterocycles. The molecule has 0 radical (unpaired) electrons. The SMILES string of the molecule is CNCCCC(=O)N1C[C@H](c2ccccc2C)C[C@H]1C. The van der Waals surface area contributed by atoms with E-state index in [2.05, 4.69) is 48.3 Å². The van der Waals surface area contributed by atoms with Gasteiger partial charge < -0.3 is 10.2 Å². The average Bonchev–Trinajstić information content (AvgIpc) is 2.81. The zero-order chi connectivity index (χ0) is 14.5. The Bertz CT molecular complexity index is 458. The molecule has 0 saturated carbocycles. The lowest BCUT2D eigenvalue weighted by molar-refractivity contribution is -0.131. The van der Waals surface area contributed by atoms with Gasteiger partial charge in [0.2, 0.25) is 5.91 Å². The van der Waals surface area contributed by atoms with Crippen molar-refractivity contribution in [2.24, 2.45) is 0 Å². The van der Waals surface area contributed by atoms with E-state index in [4.69, 9.17) is 0 Å². The van der Waals surface area contributed by atoms with Crippen molar-refractivity contribution in [3.8, 4) is 0 Å². The van der Waals surface area contributed by atoms with E-state index in [-0.39, 0.29) is 0 Å². The predicted molar refractivity (Wildman–Crippen MR) is 82.9 cm³/mol. The number of nitrogens with zero attached hydrogens (tertiary/aromatic N) is 1. The van der Waals surface area contributed by atoms with Crippen LogP contribution < -0.4 is 5.32 Å². The Hall–Kier alpha value is -1.35. The number of carbonyl (C=O) groups excluding carboxylic acids is 1. The van der Waals surface area contributed by atoms with E-state index in [1.165, 1.54) is 11.1 Å². The van der Waals surface area contributed by atoms with E-state index in [0.29, 0.717) is 24.3 Å². The van der Waals surface area contributed by atoms with Crippen LogP contribution in [-0.2, 0) is 4.79 Å². The molecule has 0 unspecified atom stereocenters. The fraction of sp³-hybridized carbons (Fsp3) is 0.588. The Morgan fingerprint density at radius 3 is 2.85 bits per heavy atom. The third-order valence-corrected chi connectivity index (χ3v) is 4.34. The van der Waals surface area contributed by atoms with Crippen molar-refractivity contribution in [1.29, 1.82) is 0 Å². The van der Waals surface area contributed by atoms with Gasteiger partial charge in [-0.25, -0.2) is 0 Å². The Balaban J connectivity index is 1.98. The molecule has 3 heteroatoms. The first-order valence-electron chi connectivity index (χ1n) is 7.63. The molecule has 1 heterocycles. The van der Waals surface area contributed by atoms with Gasteiger partial charge in [0.05, 0.1) is 0 Å². The number of benzene rings is 1. The molecule has 1 aliphatic heterocycles. The van der Waals surface area contributed by atoms with Gasteiger partial charge in [-0.3, -0.25) is 4.79 Å². The summed E-state index contributed by atoms with van der Waals surface area (Å²) in [6, 6.07) is 8.92. The third kappa shape index (κ3) is 3.40. The highest BCUT2D eigenvalue weighted by Gasteiger charge is 2.33. The van der Waals surface area contributed by atoms with E-state index in [1.54, 1.807) is 0 Å². The van der Waals surface area contributed by atoms with Crippen LogP contribution in [-0.4, -0.2) is 37.0 Å². The van der Waals surface area contributed by atoms with Crippen LogP contribution in [0.5, 0.6) is 0 Å². The lowest BCUT2D eigenvalue weighted by atomic mass is 9.93. The minimum Gasteiger partial charge on any atom is -0.339 e. The highest BCUT2D eigenvalue weighted by molar-refractivity contribution is 5.77. The summed E-state index contributed by atoms with van der Waals surface area (Å²) in [6.07, 6.45) is 2.67. The summed E-state index contributed by atoms with van der Waals surface area (Å²) >= 11 is 0. The summed E-state index contributed by atoms with van der Waals surface area (Å²) in [5.74, 6) is 0.809. The van der Waals surface area contributed by atoms with Crippen LogP contribution in [0.3, 0.4) is 0 Å². The highest BCUT2D eigenvalue weighted by atomic mass is 16.2. The quantitative estimate of drug-likeness (QED) is 0.837. The summed E-state index contributed by atoms with van der Waals surface area (Å²) in [6.45, 7) is 6.13. The first-order valence-corrected chi connectivity index (χ1v) is 7.63. The van der Waals surface area contributed by atoms with E-state index in [0.717, 1.165) is 25.9 Å². The van der Waals surface area contributed by atoms with Gasteiger partial charge in [0, 0.05) is 24.9 Å². The van der Waals surface area contributed by atoms with Crippen molar-refractivity contribution in [2.45, 2.75) is 45.1 Å². The zero-order valence-electron chi connectivity index (χ0n) is 12.9. The monoisotopic (exact) mass is 274 g/mol. The number of hydrogen-bond donors (Lipinski definition) is 1. The van der Waals surface area contributed by atoms with Gasteiger partial charge in [-0.2, -0.15) is 0 Å². The van der Waals surface area contributed by atoms with Crippen molar-refractivity contribution < 1.29 is 4.79 Å². The molecule has 110 valence electrons. The number of likely N-dealkylation sites (tertiary alicyclic amines) is 1. The van der Waals surface area contributed by atoms with E-state index in [9.17, 15) is 4.79 Å². The van der Waals surface area contributed by atoms with Crippen molar-refractivity contribution in [3.05, 3.63) is 35.4 Å². The molecule has 0 aliphatic carbocycles. The average molecular weight is 274 g/mol. The number of aryl methyl sites for hydroxylation is 1. The van der Waals surface area contributed by atoms with E-state index >= 15 is 0 Å². The molecule has 1 aromatic rings. The molecular weight excluding hydrogens is 248 g/mol. The molecule has 3 nitrogen and oxygen atoms in total. The van der Waals surface area contributed by atoms with E-state index < -0.39 is 0 Å². The minimum absolute atomic E-state index is 0.309. The molecule has 0 spiro atoms. The van der Waals surface area contributed by atoms with Crippen molar-refractivity contribution in [2.75, 3.05) is 20.1 Å². The summed E-state index contributed by atoms with van der Waals surface area (Å²) in [7, 11) is 1.93. The van der Waals surface area contributed by atoms with Crippen molar-refractivity contribution in [1.82, 2.24) is 10.2 Å². The fourth-order valence-corrected chi connectivity index (χ4v) is 3.21. The first kappa shape index (κ1) is 15.0. The van der Waals surface area contributed by atoms with Gasteiger partial charge in [-0.15, -0.1) is 0 Å². The van der Waals surface area contributed by atoms with Crippen molar-refractivity contribution in [3.63, 3.8) is 0 Å².